The number of fused-ring (bicyclic) bond motifs is 1. The van der Waals surface area contributed by atoms with Gasteiger partial charge in [0.05, 0.1) is 29.3 Å². The lowest BCUT2D eigenvalue weighted by Crippen LogP contribution is -2.25. The van der Waals surface area contributed by atoms with Crippen LogP contribution in [-0.4, -0.2) is 31.0 Å². The van der Waals surface area contributed by atoms with Gasteiger partial charge in [-0.3, -0.25) is 14.9 Å². The largest absolute Gasteiger partial charge is 0.330 e. The molecule has 1 fully saturated rings. The minimum atomic E-state index is 0.355. The molecule has 0 N–H and O–H groups in total. The molecule has 1 saturated heterocycles. The van der Waals surface area contributed by atoms with Crippen molar-refractivity contribution < 1.29 is 0 Å². The number of aromatic nitrogens is 4. The molecule has 0 unspecified atom stereocenters. The highest BCUT2D eigenvalue weighted by atomic mass is 15.2. The van der Waals surface area contributed by atoms with Crippen molar-refractivity contribution in [2.45, 2.75) is 25.4 Å². The van der Waals surface area contributed by atoms with Crippen LogP contribution >= 0.6 is 0 Å². The molecule has 5 nitrogen and oxygen atoms in total. The standard InChI is InChI=1S/C17H19N5/c1-21-15-6-3-2-5-13(15)20-17(21)12-22-10-4-7-16(22)14-11-18-8-9-19-14/h2-3,5-6,8-9,11,16H,4,7,10,12H2,1H3/t16-/m0/s1. The van der Waals surface area contributed by atoms with E-state index in [0.717, 1.165) is 36.5 Å². The van der Waals surface area contributed by atoms with Crippen molar-refractivity contribution >= 4 is 11.0 Å². The van der Waals surface area contributed by atoms with Crippen LogP contribution in [0.2, 0.25) is 0 Å². The number of benzene rings is 1. The number of hydrogen-bond acceptors (Lipinski definition) is 4. The fourth-order valence-electron chi connectivity index (χ4n) is 3.35. The predicted molar refractivity (Wildman–Crippen MR) is 85.1 cm³/mol. The second-order valence-corrected chi connectivity index (χ2v) is 5.83. The van der Waals surface area contributed by atoms with Crippen molar-refractivity contribution in [1.29, 1.82) is 0 Å². The summed E-state index contributed by atoms with van der Waals surface area (Å²) in [5.74, 6) is 1.11. The minimum Gasteiger partial charge on any atom is -0.330 e. The van der Waals surface area contributed by atoms with Gasteiger partial charge in [-0.2, -0.15) is 0 Å². The predicted octanol–water partition coefficient (Wildman–Crippen LogP) is 2.70. The molecule has 3 aromatic rings. The summed E-state index contributed by atoms with van der Waals surface area (Å²) in [6, 6.07) is 8.65. The Morgan fingerprint density at radius 1 is 1.23 bits per heavy atom. The molecular weight excluding hydrogens is 274 g/mol. The van der Waals surface area contributed by atoms with E-state index in [1.807, 2.05) is 12.3 Å². The van der Waals surface area contributed by atoms with Crippen molar-refractivity contribution in [2.24, 2.45) is 7.05 Å². The fraction of sp³-hybridized carbons (Fsp3) is 0.353. The highest BCUT2D eigenvalue weighted by molar-refractivity contribution is 5.75. The summed E-state index contributed by atoms with van der Waals surface area (Å²) in [5.41, 5.74) is 3.32. The third-order valence-corrected chi connectivity index (χ3v) is 4.51. The Kier molecular flexibility index (Phi) is 3.35. The van der Waals surface area contributed by atoms with Crippen LogP contribution in [0.5, 0.6) is 0 Å². The van der Waals surface area contributed by atoms with E-state index in [-0.39, 0.29) is 0 Å². The summed E-state index contributed by atoms with van der Waals surface area (Å²) in [5, 5.41) is 0. The molecule has 0 spiro atoms. The van der Waals surface area contributed by atoms with E-state index in [4.69, 9.17) is 4.98 Å². The van der Waals surface area contributed by atoms with Crippen molar-refractivity contribution in [3.05, 3.63) is 54.4 Å². The Morgan fingerprint density at radius 2 is 2.14 bits per heavy atom. The fourth-order valence-corrected chi connectivity index (χ4v) is 3.35. The van der Waals surface area contributed by atoms with Crippen LogP contribution in [0.1, 0.15) is 30.4 Å². The van der Waals surface area contributed by atoms with Gasteiger partial charge in [0.25, 0.3) is 0 Å². The molecule has 1 aromatic carbocycles. The minimum absolute atomic E-state index is 0.355. The first-order valence-corrected chi connectivity index (χ1v) is 7.73. The number of aryl methyl sites for hydroxylation is 1. The molecule has 1 aliphatic heterocycles. The monoisotopic (exact) mass is 293 g/mol. The molecule has 22 heavy (non-hydrogen) atoms. The van der Waals surface area contributed by atoms with Crippen molar-refractivity contribution in [3.8, 4) is 0 Å². The first-order valence-electron chi connectivity index (χ1n) is 7.73. The van der Waals surface area contributed by atoms with Gasteiger partial charge in [0.1, 0.15) is 5.82 Å². The number of rotatable bonds is 3. The average Bonchev–Trinajstić information content (AvgIpc) is 3.15. The second-order valence-electron chi connectivity index (χ2n) is 5.83. The van der Waals surface area contributed by atoms with E-state index in [0.29, 0.717) is 6.04 Å². The van der Waals surface area contributed by atoms with Crippen LogP contribution in [0.25, 0.3) is 11.0 Å². The maximum atomic E-state index is 4.79. The zero-order valence-corrected chi connectivity index (χ0v) is 12.7. The van der Waals surface area contributed by atoms with Crippen molar-refractivity contribution in [1.82, 2.24) is 24.4 Å². The molecule has 0 saturated carbocycles. The van der Waals surface area contributed by atoms with E-state index in [1.165, 1.54) is 11.9 Å². The van der Waals surface area contributed by atoms with Gasteiger partial charge in [-0.05, 0) is 31.5 Å². The molecule has 5 heteroatoms. The lowest BCUT2D eigenvalue weighted by molar-refractivity contribution is 0.236. The molecule has 1 aliphatic rings. The smallest absolute Gasteiger partial charge is 0.123 e. The third-order valence-electron chi connectivity index (χ3n) is 4.51. The van der Waals surface area contributed by atoms with E-state index in [1.54, 1.807) is 12.4 Å². The molecule has 3 heterocycles. The van der Waals surface area contributed by atoms with Gasteiger partial charge >= 0.3 is 0 Å². The van der Waals surface area contributed by atoms with E-state index in [2.05, 4.69) is 44.7 Å². The summed E-state index contributed by atoms with van der Waals surface area (Å²) in [6.45, 7) is 1.94. The highest BCUT2D eigenvalue weighted by Crippen LogP contribution is 2.31. The quantitative estimate of drug-likeness (QED) is 0.745. The zero-order chi connectivity index (χ0) is 14.9. The van der Waals surface area contributed by atoms with Gasteiger partial charge in [0.2, 0.25) is 0 Å². The maximum absolute atomic E-state index is 4.79. The molecule has 112 valence electrons. The topological polar surface area (TPSA) is 46.8 Å². The molecule has 2 aromatic heterocycles. The van der Waals surface area contributed by atoms with Gasteiger partial charge in [0.15, 0.2) is 0 Å². The third kappa shape index (κ3) is 2.27. The number of imidazole rings is 1. The SMILES string of the molecule is Cn1c(CN2CCC[C@H]2c2cnccn2)nc2ccccc21. The summed E-state index contributed by atoms with van der Waals surface area (Å²) < 4.78 is 2.20. The lowest BCUT2D eigenvalue weighted by atomic mass is 10.1. The Bertz CT molecular complexity index is 780. The van der Waals surface area contributed by atoms with Crippen LogP contribution in [-0.2, 0) is 13.6 Å². The van der Waals surface area contributed by atoms with Crippen molar-refractivity contribution in [3.63, 3.8) is 0 Å². The highest BCUT2D eigenvalue weighted by Gasteiger charge is 2.28. The van der Waals surface area contributed by atoms with E-state index in [9.17, 15) is 0 Å². The van der Waals surface area contributed by atoms with Gasteiger partial charge in [-0.25, -0.2) is 4.98 Å². The normalized spacial score (nSPS) is 19.0. The molecule has 0 amide bonds. The molecule has 4 rings (SSSR count). The van der Waals surface area contributed by atoms with Crippen molar-refractivity contribution in [2.75, 3.05) is 6.54 Å². The van der Waals surface area contributed by atoms with Gasteiger partial charge < -0.3 is 4.57 Å². The number of likely N-dealkylation sites (tertiary alicyclic amines) is 1. The van der Waals surface area contributed by atoms with Gasteiger partial charge in [-0.1, -0.05) is 12.1 Å². The van der Waals surface area contributed by atoms with Gasteiger partial charge in [0, 0.05) is 25.6 Å². The first-order chi connectivity index (χ1) is 10.8. The molecule has 0 aliphatic carbocycles. The summed E-state index contributed by atoms with van der Waals surface area (Å²) >= 11 is 0. The van der Waals surface area contributed by atoms with E-state index >= 15 is 0 Å². The summed E-state index contributed by atoms with van der Waals surface area (Å²) in [7, 11) is 2.10. The second kappa shape index (κ2) is 5.50. The number of para-hydroxylation sites is 2. The Labute approximate surface area is 129 Å². The van der Waals surface area contributed by atoms with Crippen LogP contribution in [0.3, 0.4) is 0 Å². The van der Waals surface area contributed by atoms with Crippen LogP contribution in [0.4, 0.5) is 0 Å². The zero-order valence-electron chi connectivity index (χ0n) is 12.7. The molecule has 1 atom stereocenters. The molecule has 0 bridgehead atoms. The average molecular weight is 293 g/mol. The number of hydrogen-bond donors (Lipinski definition) is 0. The first kappa shape index (κ1) is 13.4. The van der Waals surface area contributed by atoms with E-state index < -0.39 is 0 Å². The Morgan fingerprint density at radius 3 is 2.95 bits per heavy atom. The lowest BCUT2D eigenvalue weighted by Gasteiger charge is -2.23. The maximum Gasteiger partial charge on any atom is 0.123 e. The summed E-state index contributed by atoms with van der Waals surface area (Å²) in [6.07, 6.45) is 7.74. The summed E-state index contributed by atoms with van der Waals surface area (Å²) in [4.78, 5) is 16.0. The number of nitrogens with zero attached hydrogens (tertiary/aromatic N) is 5. The van der Waals surface area contributed by atoms with Gasteiger partial charge in [-0.15, -0.1) is 0 Å². The van der Waals surface area contributed by atoms with Crippen LogP contribution in [0, 0.1) is 0 Å². The Balaban J connectivity index is 1.63. The Hall–Kier alpha value is -2.27. The molecular formula is C17H19N5. The van der Waals surface area contributed by atoms with Crippen LogP contribution < -0.4 is 0 Å². The van der Waals surface area contributed by atoms with Crippen LogP contribution in [0.15, 0.2) is 42.9 Å². The molecule has 0 radical (unpaired) electrons.